The van der Waals surface area contributed by atoms with Gasteiger partial charge in [-0.3, -0.25) is 4.79 Å². The first-order valence-corrected chi connectivity index (χ1v) is 5.82. The standard InChI is InChI=1S/C12H12F5NO4/c13-11(14,15)12(16,17)22-7-3-1-6(2-4-7)10(21)8(19)5-9(18)20/h1-4,8,10,19,21H,5H2,(H2,18,20). The second-order valence-electron chi connectivity index (χ2n) is 4.37. The Labute approximate surface area is 121 Å². The normalized spacial score (nSPS) is 15.2. The quantitative estimate of drug-likeness (QED) is 0.690. The zero-order valence-corrected chi connectivity index (χ0v) is 10.8. The number of alkyl halides is 5. The first-order chi connectivity index (χ1) is 9.94. The lowest BCUT2D eigenvalue weighted by Gasteiger charge is -2.21. The van der Waals surface area contributed by atoms with E-state index in [1.165, 1.54) is 0 Å². The second kappa shape index (κ2) is 6.44. The van der Waals surface area contributed by atoms with E-state index in [-0.39, 0.29) is 5.56 Å². The number of aliphatic hydroxyl groups excluding tert-OH is 2. The van der Waals surface area contributed by atoms with Crippen molar-refractivity contribution in [2.75, 3.05) is 0 Å². The molecule has 1 aromatic rings. The number of rotatable bonds is 6. The molecule has 1 aromatic carbocycles. The van der Waals surface area contributed by atoms with Crippen LogP contribution < -0.4 is 10.5 Å². The van der Waals surface area contributed by atoms with E-state index in [0.29, 0.717) is 0 Å². The average Bonchev–Trinajstić information content (AvgIpc) is 2.36. The van der Waals surface area contributed by atoms with Crippen molar-refractivity contribution >= 4 is 5.91 Å². The predicted molar refractivity (Wildman–Crippen MR) is 62.9 cm³/mol. The Hall–Kier alpha value is -1.94. The van der Waals surface area contributed by atoms with Crippen LogP contribution in [-0.4, -0.2) is 34.5 Å². The molecule has 0 saturated carbocycles. The summed E-state index contributed by atoms with van der Waals surface area (Å²) >= 11 is 0. The van der Waals surface area contributed by atoms with Gasteiger partial charge in [0, 0.05) is 0 Å². The van der Waals surface area contributed by atoms with Gasteiger partial charge < -0.3 is 20.7 Å². The minimum Gasteiger partial charge on any atom is -0.426 e. The zero-order valence-electron chi connectivity index (χ0n) is 10.8. The molecule has 0 aromatic heterocycles. The lowest BCUT2D eigenvalue weighted by molar-refractivity contribution is -0.360. The van der Waals surface area contributed by atoms with Gasteiger partial charge in [0.2, 0.25) is 5.91 Å². The molecular weight excluding hydrogens is 317 g/mol. The number of halogens is 5. The van der Waals surface area contributed by atoms with Gasteiger partial charge in [-0.1, -0.05) is 12.1 Å². The fourth-order valence-corrected chi connectivity index (χ4v) is 1.48. The minimum absolute atomic E-state index is 0.0172. The van der Waals surface area contributed by atoms with Gasteiger partial charge in [0.05, 0.1) is 12.5 Å². The van der Waals surface area contributed by atoms with Crippen LogP contribution in [0, 0.1) is 0 Å². The molecule has 1 amide bonds. The van der Waals surface area contributed by atoms with Crippen LogP contribution in [0.3, 0.4) is 0 Å². The Morgan fingerprint density at radius 3 is 2.05 bits per heavy atom. The largest absolute Gasteiger partial charge is 0.499 e. The van der Waals surface area contributed by atoms with Crippen molar-refractivity contribution in [3.8, 4) is 5.75 Å². The Morgan fingerprint density at radius 2 is 1.64 bits per heavy atom. The fraction of sp³-hybridized carbons (Fsp3) is 0.417. The molecule has 2 atom stereocenters. The van der Waals surface area contributed by atoms with Crippen LogP contribution in [0.5, 0.6) is 5.75 Å². The molecule has 5 nitrogen and oxygen atoms in total. The maximum atomic E-state index is 12.7. The van der Waals surface area contributed by atoms with E-state index in [0.717, 1.165) is 24.3 Å². The highest BCUT2D eigenvalue weighted by Crippen LogP contribution is 2.37. The molecule has 1 rings (SSSR count). The Morgan fingerprint density at radius 1 is 1.14 bits per heavy atom. The van der Waals surface area contributed by atoms with E-state index in [1.807, 2.05) is 0 Å². The van der Waals surface area contributed by atoms with Crippen LogP contribution in [0.4, 0.5) is 22.0 Å². The Kier molecular flexibility index (Phi) is 5.30. The first kappa shape index (κ1) is 18.1. The highest BCUT2D eigenvalue weighted by molar-refractivity contribution is 5.74. The number of carbonyl (C=O) groups excluding carboxylic acids is 1. The second-order valence-corrected chi connectivity index (χ2v) is 4.37. The Bertz CT molecular complexity index is 517. The summed E-state index contributed by atoms with van der Waals surface area (Å²) < 4.78 is 64.8. The van der Waals surface area contributed by atoms with Gasteiger partial charge in [0.1, 0.15) is 11.9 Å². The summed E-state index contributed by atoms with van der Waals surface area (Å²) in [6, 6.07) is 3.46. The molecule has 0 saturated heterocycles. The van der Waals surface area contributed by atoms with Crippen molar-refractivity contribution < 1.29 is 41.7 Å². The third kappa shape index (κ3) is 4.53. The van der Waals surface area contributed by atoms with Crippen molar-refractivity contribution in [2.45, 2.75) is 30.9 Å². The molecule has 4 N–H and O–H groups in total. The van der Waals surface area contributed by atoms with Crippen LogP contribution >= 0.6 is 0 Å². The highest BCUT2D eigenvalue weighted by Gasteiger charge is 2.61. The van der Waals surface area contributed by atoms with Gasteiger partial charge in [-0.25, -0.2) is 0 Å². The van der Waals surface area contributed by atoms with E-state index in [9.17, 15) is 37.0 Å². The van der Waals surface area contributed by atoms with Crippen LogP contribution in [0.2, 0.25) is 0 Å². The lowest BCUT2D eigenvalue weighted by atomic mass is 10.0. The SMILES string of the molecule is NC(=O)CC(O)C(O)c1ccc(OC(F)(F)C(F)(F)F)cc1. The number of aliphatic hydroxyl groups is 2. The third-order valence-electron chi connectivity index (χ3n) is 2.57. The molecule has 0 bridgehead atoms. The summed E-state index contributed by atoms with van der Waals surface area (Å²) in [7, 11) is 0. The van der Waals surface area contributed by atoms with E-state index in [2.05, 4.69) is 4.74 Å². The zero-order chi connectivity index (χ0) is 17.1. The lowest BCUT2D eigenvalue weighted by Crippen LogP contribution is -2.41. The summed E-state index contributed by atoms with van der Waals surface area (Å²) in [6.45, 7) is 0. The number of benzene rings is 1. The van der Waals surface area contributed by atoms with Crippen LogP contribution in [-0.2, 0) is 4.79 Å². The number of nitrogens with two attached hydrogens (primary N) is 1. The number of carbonyl (C=O) groups is 1. The first-order valence-electron chi connectivity index (χ1n) is 5.82. The summed E-state index contributed by atoms with van der Waals surface area (Å²) in [6.07, 6.45) is -14.9. The van der Waals surface area contributed by atoms with Crippen molar-refractivity contribution in [2.24, 2.45) is 5.73 Å². The molecule has 0 aliphatic rings. The van der Waals surface area contributed by atoms with E-state index < -0.39 is 42.6 Å². The molecule has 10 heteroatoms. The third-order valence-corrected chi connectivity index (χ3v) is 2.57. The van der Waals surface area contributed by atoms with Crippen LogP contribution in [0.25, 0.3) is 0 Å². The van der Waals surface area contributed by atoms with E-state index in [4.69, 9.17) is 5.73 Å². The number of hydrogen-bond acceptors (Lipinski definition) is 4. The number of hydrogen-bond donors (Lipinski definition) is 3. The van der Waals surface area contributed by atoms with Crippen LogP contribution in [0.1, 0.15) is 18.1 Å². The smallest absolute Gasteiger partial charge is 0.426 e. The molecular formula is C12H12F5NO4. The minimum atomic E-state index is -5.87. The fourth-order valence-electron chi connectivity index (χ4n) is 1.48. The van der Waals surface area contributed by atoms with E-state index in [1.54, 1.807) is 0 Å². The van der Waals surface area contributed by atoms with Gasteiger partial charge >= 0.3 is 12.3 Å². The van der Waals surface area contributed by atoms with Gasteiger partial charge in [-0.15, -0.1) is 0 Å². The molecule has 0 aliphatic heterocycles. The molecule has 0 spiro atoms. The van der Waals surface area contributed by atoms with Crippen molar-refractivity contribution in [3.05, 3.63) is 29.8 Å². The van der Waals surface area contributed by atoms with Gasteiger partial charge in [-0.2, -0.15) is 22.0 Å². The van der Waals surface area contributed by atoms with Gasteiger partial charge in [0.15, 0.2) is 0 Å². The molecule has 0 aliphatic carbocycles. The summed E-state index contributed by atoms with van der Waals surface area (Å²) in [5.74, 6) is -1.67. The summed E-state index contributed by atoms with van der Waals surface area (Å²) in [5.41, 5.74) is 4.81. The van der Waals surface area contributed by atoms with Gasteiger partial charge in [0.25, 0.3) is 0 Å². The Balaban J connectivity index is 2.81. The van der Waals surface area contributed by atoms with Crippen LogP contribution in [0.15, 0.2) is 24.3 Å². The predicted octanol–water partition coefficient (Wildman–Crippen LogP) is 1.49. The maximum Gasteiger partial charge on any atom is 0.499 e. The summed E-state index contributed by atoms with van der Waals surface area (Å²) in [5, 5.41) is 19.1. The molecule has 2 unspecified atom stereocenters. The summed E-state index contributed by atoms with van der Waals surface area (Å²) in [4.78, 5) is 10.6. The van der Waals surface area contributed by atoms with Gasteiger partial charge in [-0.05, 0) is 17.7 Å². The molecule has 0 radical (unpaired) electrons. The monoisotopic (exact) mass is 329 g/mol. The topological polar surface area (TPSA) is 92.8 Å². The molecule has 0 heterocycles. The highest BCUT2D eigenvalue weighted by atomic mass is 19.4. The average molecular weight is 329 g/mol. The molecule has 124 valence electrons. The molecule has 0 fully saturated rings. The molecule has 22 heavy (non-hydrogen) atoms. The van der Waals surface area contributed by atoms with Crippen molar-refractivity contribution in [3.63, 3.8) is 0 Å². The number of amides is 1. The van der Waals surface area contributed by atoms with Crippen molar-refractivity contribution in [1.82, 2.24) is 0 Å². The number of ether oxygens (including phenoxy) is 1. The number of primary amides is 1. The maximum absolute atomic E-state index is 12.7. The van der Waals surface area contributed by atoms with Crippen molar-refractivity contribution in [1.29, 1.82) is 0 Å². The van der Waals surface area contributed by atoms with E-state index >= 15 is 0 Å².